The second-order valence-corrected chi connectivity index (χ2v) is 9.54. The molecule has 4 aromatic rings. The molecule has 0 fully saturated rings. The van der Waals surface area contributed by atoms with Crippen LogP contribution in [0.4, 0.5) is 0 Å². The van der Waals surface area contributed by atoms with Gasteiger partial charge in [0.05, 0.1) is 11.6 Å². The number of aromatic carboxylic acids is 1. The molecular weight excluding hydrogens is 516 g/mol. The number of benzene rings is 2. The predicted molar refractivity (Wildman–Crippen MR) is 143 cm³/mol. The highest BCUT2D eigenvalue weighted by Crippen LogP contribution is 2.35. The molecule has 1 aliphatic rings. The molecule has 0 spiro atoms. The van der Waals surface area contributed by atoms with Gasteiger partial charge < -0.3 is 25.8 Å². The summed E-state index contributed by atoms with van der Waals surface area (Å²) in [6.07, 6.45) is 2.41. The van der Waals surface area contributed by atoms with Gasteiger partial charge in [0.15, 0.2) is 0 Å². The fourth-order valence-electron chi connectivity index (χ4n) is 4.92. The number of hydrogen-bond donors (Lipinski definition) is 5. The minimum atomic E-state index is -0.987. The molecule has 12 nitrogen and oxygen atoms in total. The van der Waals surface area contributed by atoms with Crippen LogP contribution in [0.15, 0.2) is 53.6 Å². The third-order valence-corrected chi connectivity index (χ3v) is 7.11. The van der Waals surface area contributed by atoms with Crippen molar-refractivity contribution in [2.24, 2.45) is 7.05 Å². The fourth-order valence-corrected chi connectivity index (χ4v) is 4.92. The monoisotopic (exact) mass is 542 g/mol. The number of aromatic hydroxyl groups is 1. The zero-order valence-electron chi connectivity index (χ0n) is 21.7. The van der Waals surface area contributed by atoms with Crippen molar-refractivity contribution in [2.75, 3.05) is 0 Å². The Morgan fingerprint density at radius 1 is 1.10 bits per heavy atom. The number of carbonyl (C=O) groups is 3. The lowest BCUT2D eigenvalue weighted by molar-refractivity contribution is 0.0695. The van der Waals surface area contributed by atoms with Crippen molar-refractivity contribution in [1.29, 1.82) is 0 Å². The normalized spacial score (nSPS) is 14.0. The van der Waals surface area contributed by atoms with Gasteiger partial charge in [-0.3, -0.25) is 14.2 Å². The molecule has 0 radical (unpaired) electrons. The number of fused-ring (bicyclic) bond motifs is 1. The van der Waals surface area contributed by atoms with Crippen LogP contribution in [-0.2, 0) is 20.0 Å². The van der Waals surface area contributed by atoms with Gasteiger partial charge in [0.2, 0.25) is 5.88 Å². The van der Waals surface area contributed by atoms with Crippen molar-refractivity contribution < 1.29 is 24.6 Å². The lowest BCUT2D eigenvalue weighted by Gasteiger charge is -2.15. The van der Waals surface area contributed by atoms with Crippen LogP contribution < -0.4 is 16.3 Å². The van der Waals surface area contributed by atoms with Crippen molar-refractivity contribution in [1.82, 2.24) is 30.2 Å². The van der Waals surface area contributed by atoms with Gasteiger partial charge in [-0.1, -0.05) is 24.3 Å². The number of amides is 2. The van der Waals surface area contributed by atoms with Crippen molar-refractivity contribution >= 4 is 17.8 Å². The summed E-state index contributed by atoms with van der Waals surface area (Å²) in [7, 11) is 1.45. The van der Waals surface area contributed by atoms with E-state index in [1.165, 1.54) is 13.1 Å². The molecule has 0 aliphatic heterocycles. The summed E-state index contributed by atoms with van der Waals surface area (Å²) in [6.45, 7) is 1.90. The number of H-pyrrole nitrogens is 1. The Balaban J connectivity index is 1.25. The quantitative estimate of drug-likeness (QED) is 0.236. The van der Waals surface area contributed by atoms with E-state index in [0.29, 0.717) is 29.5 Å². The minimum absolute atomic E-state index is 0.00936. The van der Waals surface area contributed by atoms with Crippen molar-refractivity contribution in [2.45, 2.75) is 32.4 Å². The Labute approximate surface area is 227 Å². The molecule has 1 aliphatic carbocycles. The number of aromatic amines is 1. The molecule has 204 valence electrons. The fraction of sp³-hybridized carbons (Fsp3) is 0.214. The van der Waals surface area contributed by atoms with Gasteiger partial charge >= 0.3 is 11.7 Å². The molecule has 0 unspecified atom stereocenters. The van der Waals surface area contributed by atoms with Crippen LogP contribution in [0.25, 0.3) is 11.3 Å². The molecule has 5 N–H and O–H groups in total. The molecule has 1 atom stereocenters. The molecule has 2 aromatic heterocycles. The Morgan fingerprint density at radius 2 is 1.85 bits per heavy atom. The predicted octanol–water partition coefficient (Wildman–Crippen LogP) is 2.23. The van der Waals surface area contributed by atoms with E-state index in [0.717, 1.165) is 22.0 Å². The number of carbonyl (C=O) groups excluding carboxylic acids is 2. The van der Waals surface area contributed by atoms with Crippen LogP contribution >= 0.6 is 0 Å². The van der Waals surface area contributed by atoms with E-state index in [-0.39, 0.29) is 41.1 Å². The topological polar surface area (TPSA) is 179 Å². The molecule has 12 heteroatoms. The molecule has 5 rings (SSSR count). The lowest BCUT2D eigenvalue weighted by Crippen LogP contribution is -2.29. The van der Waals surface area contributed by atoms with E-state index in [4.69, 9.17) is 0 Å². The molecule has 2 aromatic carbocycles. The van der Waals surface area contributed by atoms with E-state index in [1.807, 2.05) is 0 Å². The number of hydrogen-bond acceptors (Lipinski definition) is 7. The Kier molecular flexibility index (Phi) is 6.91. The van der Waals surface area contributed by atoms with Crippen molar-refractivity contribution in [3.63, 3.8) is 0 Å². The summed E-state index contributed by atoms with van der Waals surface area (Å²) < 4.78 is 1.09. The van der Waals surface area contributed by atoms with Gasteiger partial charge in [-0.2, -0.15) is 0 Å². The zero-order valence-corrected chi connectivity index (χ0v) is 21.7. The first kappa shape index (κ1) is 26.4. The molecular formula is C28H26N6O6. The van der Waals surface area contributed by atoms with Gasteiger partial charge in [0.1, 0.15) is 23.4 Å². The van der Waals surface area contributed by atoms with E-state index < -0.39 is 23.5 Å². The summed E-state index contributed by atoms with van der Waals surface area (Å²) in [4.78, 5) is 59.6. The van der Waals surface area contributed by atoms with Crippen molar-refractivity contribution in [3.05, 3.63) is 98.5 Å². The lowest BCUT2D eigenvalue weighted by atomic mass is 9.98. The first-order valence-corrected chi connectivity index (χ1v) is 12.5. The average molecular weight is 543 g/mol. The van der Waals surface area contributed by atoms with E-state index in [1.54, 1.807) is 43.3 Å². The number of carboxylic acid groups (broad SMARTS) is 1. The van der Waals surface area contributed by atoms with Gasteiger partial charge in [-0.25, -0.2) is 19.6 Å². The maximum absolute atomic E-state index is 13.0. The van der Waals surface area contributed by atoms with Gasteiger partial charge in [-0.15, -0.1) is 0 Å². The molecule has 40 heavy (non-hydrogen) atoms. The summed E-state index contributed by atoms with van der Waals surface area (Å²) in [5, 5.41) is 25.2. The molecule has 0 saturated heterocycles. The highest BCUT2D eigenvalue weighted by molar-refractivity contribution is 5.97. The van der Waals surface area contributed by atoms with Gasteiger partial charge in [0.25, 0.3) is 11.8 Å². The molecule has 0 bridgehead atoms. The molecule has 2 heterocycles. The first-order valence-electron chi connectivity index (χ1n) is 12.5. The van der Waals surface area contributed by atoms with Crippen LogP contribution in [0.3, 0.4) is 0 Å². The largest absolute Gasteiger partial charge is 0.493 e. The smallest absolute Gasteiger partial charge is 0.335 e. The third-order valence-electron chi connectivity index (χ3n) is 7.11. The standard InChI is InChI=1S/C28H26N6O6/c1-14-17-8-9-20(19(17)7-6-18(14)27(38)39)32-25(36)22-11-21(30-13-31-22)24(35)29-12-15-4-3-5-16(10-15)23-26(37)34(2)28(40)33-23/h3-7,10-11,13,20,37H,8-9,12H2,1-2H3,(H,29,35)(H,32,36)(H,33,40)(H,38,39)/t20-/m0/s1. The van der Waals surface area contributed by atoms with E-state index in [9.17, 15) is 29.4 Å². The molecule has 0 saturated carbocycles. The van der Waals surface area contributed by atoms with Crippen LogP contribution in [0, 0.1) is 6.92 Å². The number of carboxylic acids is 1. The SMILES string of the molecule is Cc1c(C(=O)O)ccc2c1CC[C@@H]2NC(=O)c1cc(C(=O)NCc2cccc(-c3[nH]c(=O)n(C)c3O)c2)ncn1. The minimum Gasteiger partial charge on any atom is -0.493 e. The summed E-state index contributed by atoms with van der Waals surface area (Å²) in [6, 6.07) is 11.2. The third kappa shape index (κ3) is 4.94. The number of nitrogens with one attached hydrogen (secondary N) is 3. The Bertz CT molecular complexity index is 1720. The van der Waals surface area contributed by atoms with E-state index in [2.05, 4.69) is 25.6 Å². The van der Waals surface area contributed by atoms with Gasteiger partial charge in [0, 0.05) is 25.2 Å². The second-order valence-electron chi connectivity index (χ2n) is 9.54. The van der Waals surface area contributed by atoms with Crippen molar-refractivity contribution in [3.8, 4) is 17.1 Å². The van der Waals surface area contributed by atoms with Gasteiger partial charge in [-0.05, 0) is 54.2 Å². The van der Waals surface area contributed by atoms with Crippen LogP contribution in [0.2, 0.25) is 0 Å². The number of rotatable bonds is 7. The van der Waals surface area contributed by atoms with E-state index >= 15 is 0 Å². The first-order chi connectivity index (χ1) is 19.1. The number of imidazole rings is 1. The number of nitrogens with zero attached hydrogens (tertiary/aromatic N) is 3. The molecule has 2 amide bonds. The van der Waals surface area contributed by atoms with Crippen LogP contribution in [-0.4, -0.2) is 47.5 Å². The average Bonchev–Trinajstić information content (AvgIpc) is 3.48. The second kappa shape index (κ2) is 10.5. The van der Waals surface area contributed by atoms with Crippen LogP contribution in [0.5, 0.6) is 5.88 Å². The summed E-state index contributed by atoms with van der Waals surface area (Å²) in [5.74, 6) is -2.17. The maximum atomic E-state index is 13.0. The Morgan fingerprint density at radius 3 is 2.55 bits per heavy atom. The highest BCUT2D eigenvalue weighted by Gasteiger charge is 2.28. The summed E-state index contributed by atoms with van der Waals surface area (Å²) in [5.41, 5.74) is 3.88. The summed E-state index contributed by atoms with van der Waals surface area (Å²) >= 11 is 0. The van der Waals surface area contributed by atoms with Crippen LogP contribution in [0.1, 0.15) is 66.1 Å². The zero-order chi connectivity index (χ0) is 28.6. The Hall–Kier alpha value is -5.26. The number of aromatic nitrogens is 4. The highest BCUT2D eigenvalue weighted by atomic mass is 16.4. The maximum Gasteiger partial charge on any atom is 0.335 e.